The van der Waals surface area contributed by atoms with Crippen molar-refractivity contribution in [2.45, 2.75) is 12.6 Å². The average Bonchev–Trinajstić information content (AvgIpc) is 2.72. The van der Waals surface area contributed by atoms with Gasteiger partial charge in [0.25, 0.3) is 0 Å². The molecule has 7 nitrogen and oxygen atoms in total. The van der Waals surface area contributed by atoms with Crippen LogP contribution in [0, 0.1) is 0 Å². The van der Waals surface area contributed by atoms with Crippen LogP contribution in [-0.2, 0) is 15.8 Å². The molecule has 2 rings (SSSR count). The first kappa shape index (κ1) is 23.5. The fraction of sp³-hybridized carbons (Fsp3) is 0.190. The Kier molecular flexibility index (Phi) is 8.18. The highest BCUT2D eigenvalue weighted by molar-refractivity contribution is 6.03. The number of alkyl halides is 3. The number of nitrogens with one attached hydrogen (secondary N) is 2. The van der Waals surface area contributed by atoms with E-state index in [0.717, 1.165) is 18.2 Å². The Hall–Kier alpha value is -3.82. The van der Waals surface area contributed by atoms with E-state index < -0.39 is 30.0 Å². The lowest BCUT2D eigenvalue weighted by Gasteiger charge is -2.11. The molecule has 0 aliphatic rings. The number of methoxy groups -OCH3 is 1. The van der Waals surface area contributed by atoms with Crippen LogP contribution in [0.4, 0.5) is 18.9 Å². The van der Waals surface area contributed by atoms with Gasteiger partial charge in [0.05, 0.1) is 18.9 Å². The van der Waals surface area contributed by atoms with E-state index in [-0.39, 0.29) is 12.3 Å². The monoisotopic (exact) mass is 435 g/mol. The maximum Gasteiger partial charge on any atom is 0.416 e. The molecule has 2 amide bonds. The first-order valence-corrected chi connectivity index (χ1v) is 8.94. The van der Waals surface area contributed by atoms with Gasteiger partial charge in [-0.25, -0.2) is 5.43 Å². The molecule has 2 aromatic carbocycles. The molecule has 0 aromatic heterocycles. The molecule has 10 heteroatoms. The lowest BCUT2D eigenvalue weighted by Crippen LogP contribution is -2.24. The third kappa shape index (κ3) is 7.18. The summed E-state index contributed by atoms with van der Waals surface area (Å²) in [5.74, 6) is -0.691. The van der Waals surface area contributed by atoms with Crippen molar-refractivity contribution in [1.29, 1.82) is 0 Å². The molecule has 2 N–H and O–H groups in total. The summed E-state index contributed by atoms with van der Waals surface area (Å²) < 4.78 is 48.9. The number of hydrogen-bond donors (Lipinski definition) is 2. The summed E-state index contributed by atoms with van der Waals surface area (Å²) >= 11 is 0. The molecular weight excluding hydrogens is 415 g/mol. The van der Waals surface area contributed by atoms with Crippen molar-refractivity contribution in [3.63, 3.8) is 0 Å². The number of hydrogen-bond acceptors (Lipinski definition) is 5. The highest BCUT2D eigenvalue weighted by Crippen LogP contribution is 2.31. The molecule has 0 fully saturated rings. The second-order valence-electron chi connectivity index (χ2n) is 6.07. The smallest absolute Gasteiger partial charge is 0.416 e. The van der Waals surface area contributed by atoms with Gasteiger partial charge in [0.15, 0.2) is 11.5 Å². The first-order chi connectivity index (χ1) is 14.7. The molecule has 0 atom stereocenters. The van der Waals surface area contributed by atoms with E-state index in [9.17, 15) is 22.8 Å². The normalized spacial score (nSPS) is 11.1. The van der Waals surface area contributed by atoms with Crippen LogP contribution in [-0.4, -0.2) is 31.7 Å². The number of ether oxygens (including phenoxy) is 2. The molecule has 31 heavy (non-hydrogen) atoms. The van der Waals surface area contributed by atoms with Crippen molar-refractivity contribution < 1.29 is 32.2 Å². The Morgan fingerprint density at radius 2 is 1.90 bits per heavy atom. The van der Waals surface area contributed by atoms with E-state index in [1.54, 1.807) is 24.3 Å². The zero-order valence-electron chi connectivity index (χ0n) is 16.5. The van der Waals surface area contributed by atoms with Gasteiger partial charge in [0, 0.05) is 11.3 Å². The zero-order valence-corrected chi connectivity index (χ0v) is 16.5. The SMILES string of the molecule is C=CCOc1c(C=NNC(=O)CC(=O)Nc2cccc(C(F)(F)F)c2)cccc1OC. The first-order valence-electron chi connectivity index (χ1n) is 8.94. The fourth-order valence-corrected chi connectivity index (χ4v) is 2.43. The van der Waals surface area contributed by atoms with E-state index >= 15 is 0 Å². The summed E-state index contributed by atoms with van der Waals surface area (Å²) in [6, 6.07) is 9.17. The number of carbonyl (C=O) groups excluding carboxylic acids is 2. The van der Waals surface area contributed by atoms with E-state index in [4.69, 9.17) is 9.47 Å². The summed E-state index contributed by atoms with van der Waals surface area (Å²) in [5, 5.41) is 6.02. The van der Waals surface area contributed by atoms with E-state index in [2.05, 4.69) is 22.4 Å². The van der Waals surface area contributed by atoms with Crippen LogP contribution in [0.15, 0.2) is 60.2 Å². The molecular formula is C21H20F3N3O4. The summed E-state index contributed by atoms with van der Waals surface area (Å²) in [6.07, 6.45) is -2.31. The van der Waals surface area contributed by atoms with Gasteiger partial charge in [-0.15, -0.1) is 0 Å². The highest BCUT2D eigenvalue weighted by atomic mass is 19.4. The van der Waals surface area contributed by atoms with Crippen LogP contribution in [0.1, 0.15) is 17.5 Å². The predicted molar refractivity (Wildman–Crippen MR) is 109 cm³/mol. The molecule has 0 radical (unpaired) electrons. The Labute approximate surface area is 176 Å². The van der Waals surface area contributed by atoms with Crippen LogP contribution < -0.4 is 20.2 Å². The van der Waals surface area contributed by atoms with Crippen molar-refractivity contribution in [2.75, 3.05) is 19.0 Å². The van der Waals surface area contributed by atoms with Crippen LogP contribution in [0.3, 0.4) is 0 Å². The topological polar surface area (TPSA) is 89.0 Å². The van der Waals surface area contributed by atoms with Gasteiger partial charge < -0.3 is 14.8 Å². The van der Waals surface area contributed by atoms with Crippen LogP contribution in [0.25, 0.3) is 0 Å². The van der Waals surface area contributed by atoms with Gasteiger partial charge in [0.2, 0.25) is 11.8 Å². The van der Waals surface area contributed by atoms with Crippen molar-refractivity contribution in [3.05, 3.63) is 66.2 Å². The predicted octanol–water partition coefficient (Wildman–Crippen LogP) is 3.76. The lowest BCUT2D eigenvalue weighted by molar-refractivity contribution is -0.137. The maximum atomic E-state index is 12.7. The Morgan fingerprint density at radius 3 is 2.58 bits per heavy atom. The minimum absolute atomic E-state index is 0.0727. The number of para-hydroxylation sites is 1. The van der Waals surface area contributed by atoms with E-state index in [1.165, 1.54) is 19.4 Å². The molecule has 2 aromatic rings. The van der Waals surface area contributed by atoms with E-state index in [0.29, 0.717) is 17.1 Å². The Morgan fingerprint density at radius 1 is 1.16 bits per heavy atom. The number of benzene rings is 2. The molecule has 0 aliphatic carbocycles. The Balaban J connectivity index is 1.96. The number of hydrazone groups is 1. The fourth-order valence-electron chi connectivity index (χ4n) is 2.43. The number of carbonyl (C=O) groups is 2. The summed E-state index contributed by atoms with van der Waals surface area (Å²) in [4.78, 5) is 23.8. The van der Waals surface area contributed by atoms with Gasteiger partial charge in [-0.3, -0.25) is 9.59 Å². The van der Waals surface area contributed by atoms with Crippen LogP contribution in [0.5, 0.6) is 11.5 Å². The van der Waals surface area contributed by atoms with Crippen LogP contribution >= 0.6 is 0 Å². The van der Waals surface area contributed by atoms with Gasteiger partial charge in [0.1, 0.15) is 13.0 Å². The second kappa shape index (κ2) is 10.8. The third-order valence-corrected chi connectivity index (χ3v) is 3.76. The van der Waals surface area contributed by atoms with Gasteiger partial charge >= 0.3 is 6.18 Å². The minimum Gasteiger partial charge on any atom is -0.493 e. The molecule has 0 unspecified atom stereocenters. The van der Waals surface area contributed by atoms with Crippen molar-refractivity contribution in [1.82, 2.24) is 5.43 Å². The molecule has 0 aliphatic heterocycles. The van der Waals surface area contributed by atoms with Crippen molar-refractivity contribution in [2.24, 2.45) is 5.10 Å². The molecule has 0 spiro atoms. The van der Waals surface area contributed by atoms with Crippen molar-refractivity contribution in [3.8, 4) is 11.5 Å². The molecule has 0 bridgehead atoms. The van der Waals surface area contributed by atoms with Crippen LogP contribution in [0.2, 0.25) is 0 Å². The lowest BCUT2D eigenvalue weighted by atomic mass is 10.2. The Bertz CT molecular complexity index is 975. The van der Waals surface area contributed by atoms with Gasteiger partial charge in [-0.05, 0) is 30.3 Å². The molecule has 164 valence electrons. The van der Waals surface area contributed by atoms with Gasteiger partial charge in [-0.1, -0.05) is 24.8 Å². The summed E-state index contributed by atoms with van der Waals surface area (Å²) in [7, 11) is 1.47. The highest BCUT2D eigenvalue weighted by Gasteiger charge is 2.30. The zero-order chi connectivity index (χ0) is 22.9. The third-order valence-electron chi connectivity index (χ3n) is 3.76. The number of anilines is 1. The summed E-state index contributed by atoms with van der Waals surface area (Å²) in [5.41, 5.74) is 1.70. The second-order valence-corrected chi connectivity index (χ2v) is 6.07. The maximum absolute atomic E-state index is 12.7. The molecule has 0 heterocycles. The minimum atomic E-state index is -4.54. The van der Waals surface area contributed by atoms with E-state index in [1.807, 2.05) is 0 Å². The van der Waals surface area contributed by atoms with Gasteiger partial charge in [-0.2, -0.15) is 18.3 Å². The number of amides is 2. The summed E-state index contributed by atoms with van der Waals surface area (Å²) in [6.45, 7) is 3.80. The number of halogens is 3. The number of rotatable bonds is 9. The largest absolute Gasteiger partial charge is 0.493 e. The number of nitrogens with zero attached hydrogens (tertiary/aromatic N) is 1. The standard InChI is InChI=1S/C21H20F3N3O4/c1-3-10-31-20-14(6-4-9-17(20)30-2)13-25-27-19(29)12-18(28)26-16-8-5-7-15(11-16)21(22,23)24/h3-9,11,13H,1,10,12H2,2H3,(H,26,28)(H,27,29). The quantitative estimate of drug-likeness (QED) is 0.272. The molecule has 0 saturated heterocycles. The average molecular weight is 435 g/mol. The molecule has 0 saturated carbocycles. The van der Waals surface area contributed by atoms with Crippen molar-refractivity contribution >= 4 is 23.7 Å².